The molecule has 1 atom stereocenters. The number of benzene rings is 3. The smallest absolute Gasteiger partial charge is 0.264 e. The lowest BCUT2D eigenvalue weighted by Crippen LogP contribution is -2.54. The van der Waals surface area contributed by atoms with Gasteiger partial charge in [-0.2, -0.15) is 0 Å². The monoisotopic (exact) mass is 920 g/mol. The number of piperidine rings is 1. The highest BCUT2D eigenvalue weighted by atomic mass is 35.5. The van der Waals surface area contributed by atoms with Gasteiger partial charge in [0.15, 0.2) is 0 Å². The van der Waals surface area contributed by atoms with Crippen LogP contribution in [-0.2, 0) is 24.0 Å². The summed E-state index contributed by atoms with van der Waals surface area (Å²) in [5.74, 6) is -3.32. The third kappa shape index (κ3) is 9.96. The summed E-state index contributed by atoms with van der Waals surface area (Å²) in [7, 11) is 1.44. The van der Waals surface area contributed by atoms with Crippen LogP contribution in [0, 0.1) is 0 Å². The largest absolute Gasteiger partial charge is 0.496 e. The van der Waals surface area contributed by atoms with Gasteiger partial charge in [-0.15, -0.1) is 0 Å². The number of fused-ring (bicyclic) bond motifs is 1. The van der Waals surface area contributed by atoms with Crippen LogP contribution in [0.15, 0.2) is 60.7 Å². The van der Waals surface area contributed by atoms with Gasteiger partial charge in [0.25, 0.3) is 17.7 Å². The molecule has 7 rings (SSSR count). The molecule has 3 fully saturated rings. The number of imide groups is 2. The minimum atomic E-state index is -1.08. The summed E-state index contributed by atoms with van der Waals surface area (Å²) in [5, 5.41) is 9.29. The molecule has 4 aliphatic rings. The van der Waals surface area contributed by atoms with Crippen LogP contribution < -0.4 is 20.7 Å². The van der Waals surface area contributed by atoms with Crippen LogP contribution in [0.25, 0.3) is 11.1 Å². The zero-order valence-electron chi connectivity index (χ0n) is 34.1. The van der Waals surface area contributed by atoms with E-state index in [-0.39, 0.29) is 105 Å². The van der Waals surface area contributed by atoms with E-state index in [2.05, 4.69) is 16.0 Å². The highest BCUT2D eigenvalue weighted by Crippen LogP contribution is 2.39. The fourth-order valence-electron chi connectivity index (χ4n) is 7.90. The summed E-state index contributed by atoms with van der Waals surface area (Å²) in [6.45, 7) is 3.15. The number of methoxy groups -OCH3 is 1. The third-order valence-corrected chi connectivity index (χ3v) is 12.1. The van der Waals surface area contributed by atoms with Gasteiger partial charge in [-0.1, -0.05) is 40.9 Å². The minimum absolute atomic E-state index is 0.0193. The first kappa shape index (κ1) is 45.0. The minimum Gasteiger partial charge on any atom is -0.496 e. The highest BCUT2D eigenvalue weighted by Gasteiger charge is 2.45. The number of amides is 8. The summed E-state index contributed by atoms with van der Waals surface area (Å²) in [5.41, 5.74) is 2.02. The fourth-order valence-corrected chi connectivity index (χ4v) is 8.55. The number of rotatable bonds is 12. The van der Waals surface area contributed by atoms with Crippen LogP contribution in [0.4, 0.5) is 5.69 Å². The number of piperazine rings is 2. The first-order valence-electron chi connectivity index (χ1n) is 20.2. The number of halogens is 3. The van der Waals surface area contributed by atoms with Crippen molar-refractivity contribution in [1.29, 1.82) is 0 Å². The quantitative estimate of drug-likeness (QED) is 0.137. The van der Waals surface area contributed by atoms with E-state index in [0.717, 1.165) is 4.90 Å². The molecule has 20 heteroatoms. The van der Waals surface area contributed by atoms with Gasteiger partial charge in [0, 0.05) is 117 Å². The highest BCUT2D eigenvalue weighted by molar-refractivity contribution is 6.38. The first-order valence-corrected chi connectivity index (χ1v) is 21.3. The molecule has 17 nitrogen and oxygen atoms in total. The molecule has 0 spiro atoms. The first-order chi connectivity index (χ1) is 30.2. The van der Waals surface area contributed by atoms with Crippen molar-refractivity contribution in [2.45, 2.75) is 18.9 Å². The predicted molar refractivity (Wildman–Crippen MR) is 233 cm³/mol. The van der Waals surface area contributed by atoms with Crippen molar-refractivity contribution in [3.63, 3.8) is 0 Å². The Morgan fingerprint density at radius 3 is 2.08 bits per heavy atom. The van der Waals surface area contributed by atoms with Crippen molar-refractivity contribution >= 4 is 87.7 Å². The van der Waals surface area contributed by atoms with Gasteiger partial charge < -0.3 is 30.1 Å². The summed E-state index contributed by atoms with van der Waals surface area (Å²) < 4.78 is 5.48. The molecule has 0 aliphatic carbocycles. The number of anilines is 1. The maximum Gasteiger partial charge on any atom is 0.264 e. The Morgan fingerprint density at radius 1 is 0.762 bits per heavy atom. The summed E-state index contributed by atoms with van der Waals surface area (Å²) in [4.78, 5) is 111. The molecule has 330 valence electrons. The van der Waals surface area contributed by atoms with E-state index in [9.17, 15) is 38.4 Å². The van der Waals surface area contributed by atoms with Gasteiger partial charge >= 0.3 is 0 Å². The summed E-state index contributed by atoms with van der Waals surface area (Å²) in [6.07, 6.45) is 2.55. The van der Waals surface area contributed by atoms with E-state index in [4.69, 9.17) is 39.5 Å². The number of hydrogen-bond donors (Lipinski definition) is 3. The van der Waals surface area contributed by atoms with Crippen molar-refractivity contribution in [3.05, 3.63) is 92.4 Å². The Morgan fingerprint density at radius 2 is 1.41 bits per heavy atom. The summed E-state index contributed by atoms with van der Waals surface area (Å²) >= 11 is 19.2. The lowest BCUT2D eigenvalue weighted by molar-refractivity contribution is -0.136. The lowest BCUT2D eigenvalue weighted by Gasteiger charge is -2.35. The number of nitrogens with zero attached hydrogens (tertiary/aromatic N) is 5. The van der Waals surface area contributed by atoms with Gasteiger partial charge in [0.1, 0.15) is 11.8 Å². The van der Waals surface area contributed by atoms with Gasteiger partial charge in [0.05, 0.1) is 35.4 Å². The molecule has 3 aromatic carbocycles. The Bertz CT molecular complexity index is 2410. The molecule has 4 aliphatic heterocycles. The van der Waals surface area contributed by atoms with E-state index < -0.39 is 29.7 Å². The van der Waals surface area contributed by atoms with E-state index in [1.165, 1.54) is 25.3 Å². The SMILES string of the molecule is COc1cc(Cl)c(-c2cc(Cl)ccc2Cl)cc1C(=O)N1CCN(C(=O)/C=C/C(=O)N2CCN(CC(=O)NCCNc3cccc4c3C(=O)N(C3CCC(=O)NC3=O)C4=O)CC2)CC1. The number of nitrogens with one attached hydrogen (secondary N) is 3. The molecule has 4 heterocycles. The molecule has 1 unspecified atom stereocenters. The Kier molecular flexibility index (Phi) is 14.0. The molecular formula is C43H43Cl3N8O9. The van der Waals surface area contributed by atoms with Crippen molar-refractivity contribution in [1.82, 2.24) is 35.1 Å². The second kappa shape index (κ2) is 19.6. The molecule has 8 amide bonds. The standard InChI is InChI=1S/C43H43Cl3N8O9/c1-63-34-23-31(46)28(27-21-25(44)5-6-30(27)45)22-29(34)41(60)53-19-17-52(18-20-53)38(58)10-9-37(57)51-15-13-50(14-16-51)24-36(56)48-12-11-47-32-4-2-3-26-39(32)43(62)54(42(26)61)33-7-8-35(55)49-40(33)59/h2-6,9-10,21-23,33,47H,7-8,11-20,24H2,1H3,(H,48,56)(H,49,55,59)/b10-9+. The van der Waals surface area contributed by atoms with Crippen molar-refractivity contribution in [2.75, 3.05) is 84.4 Å². The molecular weight excluding hydrogens is 879 g/mol. The average molecular weight is 922 g/mol. The topological polar surface area (TPSA) is 198 Å². The van der Waals surface area contributed by atoms with Crippen LogP contribution in [0.2, 0.25) is 15.1 Å². The van der Waals surface area contributed by atoms with Crippen LogP contribution in [0.1, 0.15) is 43.9 Å². The molecule has 3 N–H and O–H groups in total. The normalized spacial score (nSPS) is 18.1. The molecule has 3 saturated heterocycles. The summed E-state index contributed by atoms with van der Waals surface area (Å²) in [6, 6.07) is 11.8. The number of ether oxygens (including phenoxy) is 1. The van der Waals surface area contributed by atoms with E-state index in [1.54, 1.807) is 57.2 Å². The Balaban J connectivity index is 0.821. The van der Waals surface area contributed by atoms with Gasteiger partial charge in [-0.25, -0.2) is 0 Å². The van der Waals surface area contributed by atoms with Crippen LogP contribution in [0.3, 0.4) is 0 Å². The van der Waals surface area contributed by atoms with Gasteiger partial charge in [-0.3, -0.25) is 53.5 Å². The van der Waals surface area contributed by atoms with Crippen molar-refractivity contribution in [3.8, 4) is 16.9 Å². The molecule has 0 saturated carbocycles. The Labute approximate surface area is 377 Å². The second-order valence-corrected chi connectivity index (χ2v) is 16.4. The lowest BCUT2D eigenvalue weighted by atomic mass is 10.0. The van der Waals surface area contributed by atoms with Crippen LogP contribution in [0.5, 0.6) is 5.75 Å². The molecule has 0 radical (unpaired) electrons. The average Bonchev–Trinajstić information content (AvgIpc) is 3.53. The fraction of sp³-hybridized carbons (Fsp3) is 0.349. The Hall–Kier alpha value is -6.01. The zero-order chi connectivity index (χ0) is 44.9. The number of hydrogen-bond acceptors (Lipinski definition) is 11. The van der Waals surface area contributed by atoms with Gasteiger partial charge in [0.2, 0.25) is 29.5 Å². The van der Waals surface area contributed by atoms with Gasteiger partial charge in [-0.05, 0) is 42.8 Å². The van der Waals surface area contributed by atoms with Crippen molar-refractivity contribution < 1.29 is 43.1 Å². The molecule has 0 bridgehead atoms. The molecule has 0 aromatic heterocycles. The van der Waals surface area contributed by atoms with E-state index >= 15 is 0 Å². The predicted octanol–water partition coefficient (Wildman–Crippen LogP) is 2.94. The van der Waals surface area contributed by atoms with Crippen molar-refractivity contribution in [2.24, 2.45) is 0 Å². The zero-order valence-corrected chi connectivity index (χ0v) is 36.4. The maximum absolute atomic E-state index is 13.7. The maximum atomic E-state index is 13.7. The number of carbonyl (C=O) groups is 8. The van der Waals surface area contributed by atoms with E-state index in [0.29, 0.717) is 58.1 Å². The van der Waals surface area contributed by atoms with E-state index in [1.807, 2.05) is 4.90 Å². The second-order valence-electron chi connectivity index (χ2n) is 15.2. The van der Waals surface area contributed by atoms with Crippen LogP contribution >= 0.6 is 34.8 Å². The third-order valence-electron chi connectivity index (χ3n) is 11.3. The number of carbonyl (C=O) groups excluding carboxylic acids is 8. The molecule has 63 heavy (non-hydrogen) atoms. The van der Waals surface area contributed by atoms with Crippen LogP contribution in [-0.4, -0.2) is 157 Å². The molecule has 3 aromatic rings.